The SMILES string of the molecule is CCOc1cc(CNCCc2ccccc2OC)cc(Cl)c1OCc1cccc(C)c1. The number of methoxy groups -OCH3 is 1. The molecule has 0 spiro atoms. The zero-order valence-corrected chi connectivity index (χ0v) is 19.2. The van der Waals surface area contributed by atoms with E-state index in [9.17, 15) is 0 Å². The Morgan fingerprint density at radius 3 is 2.52 bits per heavy atom. The maximum atomic E-state index is 6.57. The number of ether oxygens (including phenoxy) is 3. The summed E-state index contributed by atoms with van der Waals surface area (Å²) in [5, 5.41) is 4.03. The maximum absolute atomic E-state index is 6.57. The second kappa shape index (κ2) is 11.6. The van der Waals surface area contributed by atoms with Crippen molar-refractivity contribution in [3.63, 3.8) is 0 Å². The first-order chi connectivity index (χ1) is 15.1. The first-order valence-corrected chi connectivity index (χ1v) is 10.9. The van der Waals surface area contributed by atoms with E-state index in [0.29, 0.717) is 36.3 Å². The fraction of sp³-hybridized carbons (Fsp3) is 0.308. The third-order valence-corrected chi connectivity index (χ3v) is 5.21. The Morgan fingerprint density at radius 2 is 1.74 bits per heavy atom. The average Bonchev–Trinajstić information content (AvgIpc) is 2.76. The minimum absolute atomic E-state index is 0.442. The summed E-state index contributed by atoms with van der Waals surface area (Å²) >= 11 is 6.57. The highest BCUT2D eigenvalue weighted by molar-refractivity contribution is 6.32. The van der Waals surface area contributed by atoms with Crippen molar-refractivity contribution < 1.29 is 14.2 Å². The van der Waals surface area contributed by atoms with Crippen molar-refractivity contribution >= 4 is 11.6 Å². The van der Waals surface area contributed by atoms with Gasteiger partial charge in [0.1, 0.15) is 12.4 Å². The Bertz CT molecular complexity index is 990. The molecule has 164 valence electrons. The Kier molecular flexibility index (Phi) is 8.63. The highest BCUT2D eigenvalue weighted by atomic mass is 35.5. The van der Waals surface area contributed by atoms with Gasteiger partial charge in [0.05, 0.1) is 18.7 Å². The standard InChI is InChI=1S/C26H30ClNO3/c1-4-30-25-16-21(17-28-13-12-22-10-5-6-11-24(22)29-3)15-23(27)26(25)31-18-20-9-7-8-19(2)14-20/h5-11,14-16,28H,4,12-13,17-18H2,1-3H3. The zero-order chi connectivity index (χ0) is 22.1. The van der Waals surface area contributed by atoms with Crippen LogP contribution < -0.4 is 19.5 Å². The van der Waals surface area contributed by atoms with Crippen molar-refractivity contribution in [2.24, 2.45) is 0 Å². The molecular formula is C26H30ClNO3. The van der Waals surface area contributed by atoms with Gasteiger partial charge in [0.15, 0.2) is 11.5 Å². The van der Waals surface area contributed by atoms with Crippen molar-refractivity contribution in [1.82, 2.24) is 5.32 Å². The van der Waals surface area contributed by atoms with E-state index in [1.807, 2.05) is 49.4 Å². The summed E-state index contributed by atoms with van der Waals surface area (Å²) in [6.07, 6.45) is 0.883. The molecule has 0 aliphatic carbocycles. The van der Waals surface area contributed by atoms with E-state index in [4.69, 9.17) is 25.8 Å². The van der Waals surface area contributed by atoms with Gasteiger partial charge in [0, 0.05) is 6.54 Å². The molecule has 0 radical (unpaired) electrons. The van der Waals surface area contributed by atoms with Gasteiger partial charge in [0.25, 0.3) is 0 Å². The van der Waals surface area contributed by atoms with Gasteiger partial charge < -0.3 is 19.5 Å². The van der Waals surface area contributed by atoms with Gasteiger partial charge in [-0.25, -0.2) is 0 Å². The van der Waals surface area contributed by atoms with Crippen LogP contribution in [0.3, 0.4) is 0 Å². The van der Waals surface area contributed by atoms with E-state index in [2.05, 4.69) is 30.4 Å². The molecule has 1 N–H and O–H groups in total. The van der Waals surface area contributed by atoms with Gasteiger partial charge in [-0.15, -0.1) is 0 Å². The summed E-state index contributed by atoms with van der Waals surface area (Å²) in [5.41, 5.74) is 4.54. The van der Waals surface area contributed by atoms with Crippen molar-refractivity contribution in [2.75, 3.05) is 20.3 Å². The molecule has 4 nitrogen and oxygen atoms in total. The lowest BCUT2D eigenvalue weighted by Gasteiger charge is -2.16. The molecule has 0 aliphatic heterocycles. The van der Waals surface area contributed by atoms with Crippen LogP contribution in [-0.4, -0.2) is 20.3 Å². The van der Waals surface area contributed by atoms with Gasteiger partial charge in [-0.3, -0.25) is 0 Å². The van der Waals surface area contributed by atoms with Crippen molar-refractivity contribution in [1.29, 1.82) is 0 Å². The lowest BCUT2D eigenvalue weighted by Crippen LogP contribution is -2.17. The second-order valence-corrected chi connectivity index (χ2v) is 7.76. The van der Waals surface area contributed by atoms with E-state index < -0.39 is 0 Å². The van der Waals surface area contributed by atoms with E-state index in [-0.39, 0.29) is 0 Å². The molecule has 0 saturated carbocycles. The van der Waals surface area contributed by atoms with Crippen LogP contribution in [-0.2, 0) is 19.6 Å². The average molecular weight is 440 g/mol. The fourth-order valence-electron chi connectivity index (χ4n) is 3.45. The van der Waals surface area contributed by atoms with Gasteiger partial charge in [-0.05, 0) is 61.7 Å². The minimum Gasteiger partial charge on any atom is -0.496 e. The number of halogens is 1. The Hall–Kier alpha value is -2.69. The Morgan fingerprint density at radius 1 is 0.903 bits per heavy atom. The molecule has 0 bridgehead atoms. The normalized spacial score (nSPS) is 10.7. The first kappa shape index (κ1) is 23.0. The van der Waals surface area contributed by atoms with Crippen molar-refractivity contribution in [2.45, 2.75) is 33.4 Å². The summed E-state index contributed by atoms with van der Waals surface area (Å²) in [4.78, 5) is 0. The summed E-state index contributed by atoms with van der Waals surface area (Å²) in [6.45, 7) is 6.52. The number of benzene rings is 3. The molecule has 3 aromatic carbocycles. The monoisotopic (exact) mass is 439 g/mol. The van der Waals surface area contributed by atoms with Crippen LogP contribution >= 0.6 is 11.6 Å². The van der Waals surface area contributed by atoms with Gasteiger partial charge in [-0.2, -0.15) is 0 Å². The molecule has 0 amide bonds. The molecule has 0 saturated heterocycles. The molecular weight excluding hydrogens is 410 g/mol. The minimum atomic E-state index is 0.442. The van der Waals surface area contributed by atoms with Crippen LogP contribution in [0.15, 0.2) is 60.7 Å². The molecule has 31 heavy (non-hydrogen) atoms. The van der Waals surface area contributed by atoms with E-state index >= 15 is 0 Å². The third-order valence-electron chi connectivity index (χ3n) is 4.93. The second-order valence-electron chi connectivity index (χ2n) is 7.35. The number of hydrogen-bond donors (Lipinski definition) is 1. The van der Waals surface area contributed by atoms with Crippen LogP contribution in [0.5, 0.6) is 17.2 Å². The number of rotatable bonds is 11. The van der Waals surface area contributed by atoms with Crippen molar-refractivity contribution in [3.8, 4) is 17.2 Å². The van der Waals surface area contributed by atoms with Crippen LogP contribution in [0, 0.1) is 6.92 Å². The summed E-state index contributed by atoms with van der Waals surface area (Å²) < 4.78 is 17.3. The van der Waals surface area contributed by atoms with Crippen molar-refractivity contribution in [3.05, 3.63) is 87.9 Å². The molecule has 0 unspecified atom stereocenters. The smallest absolute Gasteiger partial charge is 0.180 e. The first-order valence-electron chi connectivity index (χ1n) is 10.6. The molecule has 3 rings (SSSR count). The summed E-state index contributed by atoms with van der Waals surface area (Å²) in [5.74, 6) is 2.17. The number of hydrogen-bond acceptors (Lipinski definition) is 4. The molecule has 3 aromatic rings. The van der Waals surface area contributed by atoms with Gasteiger partial charge in [0.2, 0.25) is 0 Å². The fourth-order valence-corrected chi connectivity index (χ4v) is 3.74. The third kappa shape index (κ3) is 6.65. The van der Waals surface area contributed by atoms with Crippen LogP contribution in [0.2, 0.25) is 5.02 Å². The molecule has 0 heterocycles. The highest BCUT2D eigenvalue weighted by Gasteiger charge is 2.13. The number of nitrogens with one attached hydrogen (secondary N) is 1. The molecule has 0 aromatic heterocycles. The summed E-state index contributed by atoms with van der Waals surface area (Å²) in [7, 11) is 1.70. The van der Waals surface area contributed by atoms with E-state index in [0.717, 1.165) is 29.8 Å². The quantitative estimate of drug-likeness (QED) is 0.374. The van der Waals surface area contributed by atoms with Crippen LogP contribution in [0.1, 0.15) is 29.2 Å². The van der Waals surface area contributed by atoms with Crippen LogP contribution in [0.25, 0.3) is 0 Å². The van der Waals surface area contributed by atoms with Gasteiger partial charge >= 0.3 is 0 Å². The predicted octanol–water partition coefficient (Wildman–Crippen LogP) is 5.97. The molecule has 0 fully saturated rings. The molecule has 0 atom stereocenters. The molecule has 5 heteroatoms. The van der Waals surface area contributed by atoms with Crippen LogP contribution in [0.4, 0.5) is 0 Å². The largest absolute Gasteiger partial charge is 0.496 e. The number of para-hydroxylation sites is 1. The van der Waals surface area contributed by atoms with E-state index in [1.165, 1.54) is 11.1 Å². The highest BCUT2D eigenvalue weighted by Crippen LogP contribution is 2.37. The lowest BCUT2D eigenvalue weighted by atomic mass is 10.1. The maximum Gasteiger partial charge on any atom is 0.180 e. The van der Waals surface area contributed by atoms with Gasteiger partial charge in [-0.1, -0.05) is 59.6 Å². The Balaban J connectivity index is 1.62. The summed E-state index contributed by atoms with van der Waals surface area (Å²) in [6, 6.07) is 20.3. The van der Waals surface area contributed by atoms with E-state index in [1.54, 1.807) is 7.11 Å². The number of aryl methyl sites for hydroxylation is 1. The topological polar surface area (TPSA) is 39.7 Å². The molecule has 0 aliphatic rings. The Labute approximate surface area is 190 Å². The predicted molar refractivity (Wildman–Crippen MR) is 127 cm³/mol. The zero-order valence-electron chi connectivity index (χ0n) is 18.4. The lowest BCUT2D eigenvalue weighted by molar-refractivity contribution is 0.269.